The van der Waals surface area contributed by atoms with Crippen LogP contribution in [0.25, 0.3) is 11.0 Å². The molecule has 0 radical (unpaired) electrons. The van der Waals surface area contributed by atoms with E-state index in [-0.39, 0.29) is 17.7 Å². The predicted molar refractivity (Wildman–Crippen MR) is 135 cm³/mol. The average molecular weight is 466 g/mol. The Morgan fingerprint density at radius 1 is 1.09 bits per heavy atom. The number of carbonyl (C=O) groups excluding carboxylic acids is 1. The van der Waals surface area contributed by atoms with Crippen LogP contribution in [0.2, 0.25) is 0 Å². The molecule has 34 heavy (non-hydrogen) atoms. The van der Waals surface area contributed by atoms with E-state index in [1.165, 1.54) is 38.5 Å². The molecular weight excluding hydrogens is 422 g/mol. The van der Waals surface area contributed by atoms with Crippen molar-refractivity contribution in [3.63, 3.8) is 0 Å². The maximum atomic E-state index is 13.3. The topological polar surface area (TPSA) is 68.0 Å². The lowest BCUT2D eigenvalue weighted by atomic mass is 9.48. The third kappa shape index (κ3) is 4.45. The second kappa shape index (κ2) is 9.04. The zero-order chi connectivity index (χ0) is 24.1. The number of aryl methyl sites for hydroxylation is 1. The van der Waals surface area contributed by atoms with Crippen LogP contribution in [0.3, 0.4) is 0 Å². The van der Waals surface area contributed by atoms with Gasteiger partial charge in [0.1, 0.15) is 17.6 Å². The highest BCUT2D eigenvalue weighted by atomic mass is 16.3. The number of carbonyl (C=O) groups is 1. The van der Waals surface area contributed by atoms with Crippen LogP contribution < -0.4 is 0 Å². The lowest BCUT2D eigenvalue weighted by Gasteiger charge is -2.57. The number of aliphatic hydroxyl groups is 1. The lowest BCUT2D eigenvalue weighted by molar-refractivity contribution is -0.130. The second-order valence-corrected chi connectivity index (χ2v) is 12.5. The maximum absolute atomic E-state index is 13.3. The summed E-state index contributed by atoms with van der Waals surface area (Å²) in [4.78, 5) is 14.9. The molecule has 7 atom stereocenters. The number of fused-ring (bicyclic) bond motifs is 4. The number of benzene rings is 1. The van der Waals surface area contributed by atoms with Crippen LogP contribution in [0, 0.1) is 41.9 Å². The van der Waals surface area contributed by atoms with E-state index >= 15 is 0 Å². The average Bonchev–Trinajstić information content (AvgIpc) is 3.18. The van der Waals surface area contributed by atoms with Gasteiger partial charge in [0.2, 0.25) is 0 Å². The van der Waals surface area contributed by atoms with Crippen molar-refractivity contribution in [1.29, 1.82) is 0 Å². The first-order valence-corrected chi connectivity index (χ1v) is 13.7. The molecule has 0 spiro atoms. The number of rotatable bonds is 6. The number of Topliss-reactive ketones (excluding diaryl/α,β-unsaturated/α-hetero) is 1. The third-order valence-electron chi connectivity index (χ3n) is 9.93. The van der Waals surface area contributed by atoms with Crippen LogP contribution in [0.4, 0.5) is 0 Å². The van der Waals surface area contributed by atoms with Gasteiger partial charge >= 0.3 is 0 Å². The number of nitrogens with zero attached hydrogens (tertiary/aromatic N) is 3. The molecule has 5 rings (SSSR count). The Morgan fingerprint density at radius 2 is 1.88 bits per heavy atom. The number of aromatic nitrogens is 3. The quantitative estimate of drug-likeness (QED) is 0.559. The summed E-state index contributed by atoms with van der Waals surface area (Å²) in [6.45, 7) is 9.06. The molecule has 0 amide bonds. The summed E-state index contributed by atoms with van der Waals surface area (Å²) in [5.41, 5.74) is 2.48. The monoisotopic (exact) mass is 465 g/mol. The van der Waals surface area contributed by atoms with Gasteiger partial charge in [-0.05, 0) is 112 Å². The molecule has 1 aromatic heterocycles. The van der Waals surface area contributed by atoms with E-state index in [4.69, 9.17) is 0 Å². The second-order valence-electron chi connectivity index (χ2n) is 12.5. The van der Waals surface area contributed by atoms with Crippen LogP contribution in [0.1, 0.15) is 90.5 Å². The van der Waals surface area contributed by atoms with Crippen LogP contribution in [-0.4, -0.2) is 31.5 Å². The van der Waals surface area contributed by atoms with Crippen LogP contribution in [-0.2, 0) is 11.3 Å². The van der Waals surface area contributed by atoms with Gasteiger partial charge in [-0.25, -0.2) is 0 Å². The molecule has 3 aliphatic rings. The zero-order valence-corrected chi connectivity index (χ0v) is 21.6. The van der Waals surface area contributed by atoms with E-state index in [0.29, 0.717) is 18.3 Å². The molecule has 1 aromatic carbocycles. The Morgan fingerprint density at radius 3 is 2.65 bits per heavy atom. The number of hydrogen-bond acceptors (Lipinski definition) is 4. The summed E-state index contributed by atoms with van der Waals surface area (Å²) >= 11 is 0. The fourth-order valence-corrected chi connectivity index (χ4v) is 8.42. The van der Waals surface area contributed by atoms with Crippen molar-refractivity contribution < 1.29 is 9.90 Å². The first kappa shape index (κ1) is 24.0. The number of ketones is 1. The molecule has 3 aliphatic carbocycles. The molecule has 1 N–H and O–H groups in total. The fraction of sp³-hybridized carbons (Fsp3) is 0.759. The summed E-state index contributed by atoms with van der Waals surface area (Å²) in [5, 5.41) is 19.8. The molecule has 2 aromatic rings. The summed E-state index contributed by atoms with van der Waals surface area (Å²) in [5.74, 6) is 3.89. The van der Waals surface area contributed by atoms with Gasteiger partial charge in [0, 0.05) is 6.42 Å². The Balaban J connectivity index is 1.30. The normalized spacial score (nSPS) is 37.9. The Labute approximate surface area is 204 Å². The minimum atomic E-state index is -0.462. The Kier molecular flexibility index (Phi) is 6.37. The van der Waals surface area contributed by atoms with Gasteiger partial charge < -0.3 is 5.11 Å². The van der Waals surface area contributed by atoms with Gasteiger partial charge in [0.05, 0.1) is 5.60 Å². The van der Waals surface area contributed by atoms with Gasteiger partial charge in [0.15, 0.2) is 5.78 Å². The van der Waals surface area contributed by atoms with E-state index in [9.17, 15) is 9.90 Å². The van der Waals surface area contributed by atoms with Crippen LogP contribution in [0.15, 0.2) is 18.2 Å². The minimum absolute atomic E-state index is 0.0732. The van der Waals surface area contributed by atoms with Gasteiger partial charge in [-0.15, -0.1) is 0 Å². The van der Waals surface area contributed by atoms with E-state index < -0.39 is 5.60 Å². The van der Waals surface area contributed by atoms with Gasteiger partial charge in [-0.3, -0.25) is 4.79 Å². The van der Waals surface area contributed by atoms with E-state index in [1.54, 1.807) is 4.80 Å². The van der Waals surface area contributed by atoms with Crippen molar-refractivity contribution in [2.45, 2.75) is 104 Å². The number of hydrogen-bond donors (Lipinski definition) is 1. The molecule has 0 aliphatic heterocycles. The summed E-state index contributed by atoms with van der Waals surface area (Å²) in [7, 11) is 0. The first-order valence-electron chi connectivity index (χ1n) is 13.7. The molecule has 5 nitrogen and oxygen atoms in total. The van der Waals surface area contributed by atoms with Crippen molar-refractivity contribution in [2.24, 2.45) is 35.0 Å². The molecule has 186 valence electrons. The van der Waals surface area contributed by atoms with Crippen molar-refractivity contribution >= 4 is 16.8 Å². The van der Waals surface area contributed by atoms with Gasteiger partial charge in [-0.1, -0.05) is 32.4 Å². The zero-order valence-electron chi connectivity index (χ0n) is 21.6. The lowest BCUT2D eigenvalue weighted by Crippen LogP contribution is -2.51. The summed E-state index contributed by atoms with van der Waals surface area (Å²) in [6, 6.07) is 6.01. The Bertz CT molecular complexity index is 1040. The molecule has 3 saturated carbocycles. The van der Waals surface area contributed by atoms with Gasteiger partial charge in [-0.2, -0.15) is 15.0 Å². The molecule has 1 heterocycles. The molecule has 0 saturated heterocycles. The highest BCUT2D eigenvalue weighted by molar-refractivity contribution is 5.80. The third-order valence-corrected chi connectivity index (χ3v) is 9.93. The molecule has 3 fully saturated rings. The molecule has 1 unspecified atom stereocenters. The van der Waals surface area contributed by atoms with E-state index in [0.717, 1.165) is 53.6 Å². The minimum Gasteiger partial charge on any atom is -0.390 e. The molecular formula is C29H43N3O2. The highest BCUT2D eigenvalue weighted by Crippen LogP contribution is 2.60. The summed E-state index contributed by atoms with van der Waals surface area (Å²) in [6.07, 6.45) is 11.1. The first-order chi connectivity index (χ1) is 16.2. The maximum Gasteiger partial charge on any atom is 0.156 e. The largest absolute Gasteiger partial charge is 0.390 e. The Hall–Kier alpha value is -1.75. The predicted octanol–water partition coefficient (Wildman–Crippen LogP) is 6.11. The van der Waals surface area contributed by atoms with E-state index in [1.807, 2.05) is 32.0 Å². The van der Waals surface area contributed by atoms with Crippen molar-refractivity contribution in [3.8, 4) is 0 Å². The smallest absolute Gasteiger partial charge is 0.156 e. The van der Waals surface area contributed by atoms with Gasteiger partial charge in [0.25, 0.3) is 0 Å². The van der Waals surface area contributed by atoms with Crippen LogP contribution in [0.5, 0.6) is 0 Å². The summed E-state index contributed by atoms with van der Waals surface area (Å²) < 4.78 is 0. The van der Waals surface area contributed by atoms with Crippen molar-refractivity contribution in [3.05, 3.63) is 23.8 Å². The van der Waals surface area contributed by atoms with Crippen LogP contribution >= 0.6 is 0 Å². The van der Waals surface area contributed by atoms with E-state index in [2.05, 4.69) is 24.0 Å². The van der Waals surface area contributed by atoms with Crippen molar-refractivity contribution in [1.82, 2.24) is 15.0 Å². The highest BCUT2D eigenvalue weighted by Gasteiger charge is 2.53. The SMILES string of the molecule is CCC[C@H]1[C@@H]2CC[C@@H]3C[C@](C)(O)CCC3[C@H]2CC[C@]1(C)CC(=O)Cn1nc2cccc(C)c2n1. The fourth-order valence-electron chi connectivity index (χ4n) is 8.42. The van der Waals surface area contributed by atoms with Crippen molar-refractivity contribution in [2.75, 3.05) is 0 Å². The molecule has 5 heteroatoms. The molecule has 0 bridgehead atoms. The standard InChI is InChI=1S/C29H43N3O2/c1-5-7-25-24-11-10-20-16-29(4,34)15-13-22(20)23(24)12-14-28(25,3)17-21(33)18-32-30-26-9-6-8-19(2)27(26)31-32/h6,8-9,20,22-25,34H,5,7,10-18H2,1-4H3/t20-,22?,23-,24-,25+,28-,29-/m1/s1.